The number of nitrogens with zero attached hydrogens (tertiary/aromatic N) is 4. The SMILES string of the molecule is c1ccc2c(c1)c1cc3ccc1n2-c1cc-3ccc1-c1ccc(N(c2ccc(-c3ccc4cc3-n3c5ccccc5c5cc-4ccc53)cc2)c2ccc(-c3ccc4cc3-n3c5ccccc5c5cc-4ccc53)cc2)cc1. The van der Waals surface area contributed by atoms with Gasteiger partial charge in [-0.3, -0.25) is 0 Å². The van der Waals surface area contributed by atoms with Crippen molar-refractivity contribution in [1.82, 2.24) is 13.7 Å². The molecule has 0 fully saturated rings. The van der Waals surface area contributed by atoms with Crippen LogP contribution >= 0.6 is 0 Å². The summed E-state index contributed by atoms with van der Waals surface area (Å²) in [5.41, 5.74) is 28.8. The summed E-state index contributed by atoms with van der Waals surface area (Å²) in [6.07, 6.45) is 0. The van der Waals surface area contributed by atoms with Crippen LogP contribution in [0.4, 0.5) is 17.1 Å². The second-order valence-corrected chi connectivity index (χ2v) is 20.9. The minimum Gasteiger partial charge on any atom is -0.311 e. The van der Waals surface area contributed by atoms with Crippen molar-refractivity contribution >= 4 is 82.5 Å². The number of rotatable bonds is 6. The van der Waals surface area contributed by atoms with Crippen molar-refractivity contribution in [3.05, 3.63) is 255 Å². The number of hydrogen-bond donors (Lipinski definition) is 0. The molecule has 350 valence electrons. The summed E-state index contributed by atoms with van der Waals surface area (Å²) >= 11 is 0. The average Bonchev–Trinajstić information content (AvgIpc) is 4.20. The van der Waals surface area contributed by atoms with Gasteiger partial charge in [-0.25, -0.2) is 0 Å². The van der Waals surface area contributed by atoms with Gasteiger partial charge in [-0.1, -0.05) is 146 Å². The molecule has 0 unspecified atom stereocenters. The Morgan fingerprint density at radius 2 is 0.447 bits per heavy atom. The maximum Gasteiger partial charge on any atom is 0.0546 e. The summed E-state index contributed by atoms with van der Waals surface area (Å²) in [6.45, 7) is 0. The van der Waals surface area contributed by atoms with Crippen LogP contribution in [0.1, 0.15) is 0 Å². The predicted molar refractivity (Wildman–Crippen MR) is 317 cm³/mol. The van der Waals surface area contributed by atoms with E-state index in [4.69, 9.17) is 0 Å². The number of fused-ring (bicyclic) bond motifs is 6. The lowest BCUT2D eigenvalue weighted by Gasteiger charge is -2.27. The molecule has 4 heteroatoms. The molecule has 0 N–H and O–H groups in total. The highest BCUT2D eigenvalue weighted by Gasteiger charge is 2.25. The van der Waals surface area contributed by atoms with E-state index in [1.807, 2.05) is 0 Å². The number of aromatic nitrogens is 3. The van der Waals surface area contributed by atoms with E-state index in [2.05, 4.69) is 273 Å². The normalized spacial score (nSPS) is 12.5. The molecule has 6 aliphatic heterocycles. The molecule has 0 spiro atoms. The van der Waals surface area contributed by atoms with Crippen molar-refractivity contribution in [2.24, 2.45) is 0 Å². The number of anilines is 3. The third-order valence-electron chi connectivity index (χ3n) is 17.0. The molecule has 12 aromatic carbocycles. The van der Waals surface area contributed by atoms with E-state index in [1.54, 1.807) is 0 Å². The van der Waals surface area contributed by atoms with Crippen molar-refractivity contribution in [1.29, 1.82) is 0 Å². The van der Waals surface area contributed by atoms with Crippen LogP contribution in [-0.4, -0.2) is 13.7 Å². The lowest BCUT2D eigenvalue weighted by atomic mass is 9.95. The Bertz CT molecular complexity index is 4510. The molecule has 0 aliphatic carbocycles. The molecule has 3 aromatic heterocycles. The van der Waals surface area contributed by atoms with Gasteiger partial charge in [0, 0.05) is 66.1 Å². The number of para-hydroxylation sites is 3. The van der Waals surface area contributed by atoms with Gasteiger partial charge in [0.05, 0.1) is 50.2 Å². The Morgan fingerprint density at radius 3 is 0.763 bits per heavy atom. The third-order valence-corrected chi connectivity index (χ3v) is 17.0. The van der Waals surface area contributed by atoms with Crippen molar-refractivity contribution in [2.75, 3.05) is 4.90 Å². The molecule has 15 aromatic rings. The summed E-state index contributed by atoms with van der Waals surface area (Å²) < 4.78 is 7.37. The van der Waals surface area contributed by atoms with E-state index < -0.39 is 0 Å². The van der Waals surface area contributed by atoms with E-state index >= 15 is 0 Å². The van der Waals surface area contributed by atoms with Crippen LogP contribution in [0.2, 0.25) is 0 Å². The topological polar surface area (TPSA) is 18.0 Å². The summed E-state index contributed by atoms with van der Waals surface area (Å²) in [5.74, 6) is 0. The zero-order valence-corrected chi connectivity index (χ0v) is 41.0. The predicted octanol–water partition coefficient (Wildman–Crippen LogP) is 19.4. The van der Waals surface area contributed by atoms with Crippen molar-refractivity contribution < 1.29 is 0 Å². The van der Waals surface area contributed by atoms with Crippen molar-refractivity contribution in [3.8, 4) is 83.8 Å². The number of hydrogen-bond acceptors (Lipinski definition) is 1. The fourth-order valence-corrected chi connectivity index (χ4v) is 13.5. The highest BCUT2D eigenvalue weighted by Crippen LogP contribution is 2.47. The molecular formula is C72H42N4. The van der Waals surface area contributed by atoms with Gasteiger partial charge in [0.2, 0.25) is 0 Å². The highest BCUT2D eigenvalue weighted by molar-refractivity contribution is 6.14. The molecule has 9 heterocycles. The van der Waals surface area contributed by atoms with Crippen LogP contribution in [0, 0.1) is 0 Å². The quantitative estimate of drug-likeness (QED) is 0.162. The maximum atomic E-state index is 2.46. The Balaban J connectivity index is 0.770. The monoisotopic (exact) mass is 962 g/mol. The van der Waals surface area contributed by atoms with Crippen molar-refractivity contribution in [3.63, 3.8) is 0 Å². The molecular weight excluding hydrogens is 921 g/mol. The molecule has 6 aliphatic rings. The number of benzene rings is 12. The van der Waals surface area contributed by atoms with E-state index in [-0.39, 0.29) is 0 Å². The fourth-order valence-electron chi connectivity index (χ4n) is 13.5. The minimum atomic E-state index is 1.08. The second kappa shape index (κ2) is 14.8. The van der Waals surface area contributed by atoms with Crippen LogP contribution in [0.25, 0.3) is 149 Å². The first-order chi connectivity index (χ1) is 37.6. The Labute approximate surface area is 437 Å². The first-order valence-electron chi connectivity index (χ1n) is 26.3. The van der Waals surface area contributed by atoms with Gasteiger partial charge in [0.1, 0.15) is 0 Å². The molecule has 21 rings (SSSR count). The van der Waals surface area contributed by atoms with Gasteiger partial charge in [0.25, 0.3) is 0 Å². The van der Waals surface area contributed by atoms with Gasteiger partial charge < -0.3 is 18.6 Å². The zero-order chi connectivity index (χ0) is 49.3. The molecule has 0 atom stereocenters. The average molecular weight is 963 g/mol. The van der Waals surface area contributed by atoms with E-state index in [0.29, 0.717) is 0 Å². The zero-order valence-electron chi connectivity index (χ0n) is 41.0. The Morgan fingerprint density at radius 1 is 0.197 bits per heavy atom. The van der Waals surface area contributed by atoms with E-state index in [1.165, 1.54) is 149 Å². The summed E-state index contributed by atoms with van der Waals surface area (Å²) in [7, 11) is 0. The van der Waals surface area contributed by atoms with E-state index in [9.17, 15) is 0 Å². The molecule has 0 saturated carbocycles. The van der Waals surface area contributed by atoms with E-state index in [0.717, 1.165) is 17.1 Å². The standard InChI is InChI=1S/C72H42N4/c1-4-10-64-58(7-1)61-37-46-22-34-67(61)74(64)70-40-49(46)19-31-55(70)43-13-25-52(26-14-43)73(53-27-15-44(16-28-53)56-32-20-50-41-71(56)75-65-11-5-2-8-59(65)62-38-47(50)23-35-68(62)75)54-29-17-45(18-30-54)57-33-21-51-42-72(57)76-66-12-6-3-9-60(66)63-39-48(51)24-36-69(63)76/h1-42H. The Kier molecular flexibility index (Phi) is 7.83. The lowest BCUT2D eigenvalue weighted by molar-refractivity contribution is 1.18. The largest absolute Gasteiger partial charge is 0.311 e. The first-order valence-corrected chi connectivity index (χ1v) is 26.3. The highest BCUT2D eigenvalue weighted by atomic mass is 15.1. The molecule has 76 heavy (non-hydrogen) atoms. The summed E-state index contributed by atoms with van der Waals surface area (Å²) in [6, 6.07) is 95.7. The van der Waals surface area contributed by atoms with Crippen LogP contribution < -0.4 is 4.90 Å². The summed E-state index contributed by atoms with van der Waals surface area (Å²) in [5, 5.41) is 7.73. The summed E-state index contributed by atoms with van der Waals surface area (Å²) in [4.78, 5) is 2.41. The van der Waals surface area contributed by atoms with Gasteiger partial charge in [0.15, 0.2) is 0 Å². The van der Waals surface area contributed by atoms with Gasteiger partial charge >= 0.3 is 0 Å². The minimum absolute atomic E-state index is 1.08. The molecule has 0 amide bonds. The van der Waals surface area contributed by atoms with Crippen molar-refractivity contribution in [2.45, 2.75) is 0 Å². The van der Waals surface area contributed by atoms with Crippen LogP contribution in [0.15, 0.2) is 255 Å². The first kappa shape index (κ1) is 40.3. The van der Waals surface area contributed by atoms with Gasteiger partial charge in [-0.05, 0) is 159 Å². The molecule has 18 bridgehead atoms. The maximum absolute atomic E-state index is 2.46. The van der Waals surface area contributed by atoms with Crippen LogP contribution in [-0.2, 0) is 0 Å². The van der Waals surface area contributed by atoms with Gasteiger partial charge in [-0.2, -0.15) is 0 Å². The molecule has 0 saturated heterocycles. The smallest absolute Gasteiger partial charge is 0.0546 e. The third kappa shape index (κ3) is 5.46. The van der Waals surface area contributed by atoms with Crippen LogP contribution in [0.5, 0.6) is 0 Å². The van der Waals surface area contributed by atoms with Gasteiger partial charge in [-0.15, -0.1) is 0 Å². The second-order valence-electron chi connectivity index (χ2n) is 20.9. The Hall–Kier alpha value is -10.2. The lowest BCUT2D eigenvalue weighted by Crippen LogP contribution is -2.10. The fraction of sp³-hybridized carbons (Fsp3) is 0. The molecule has 4 nitrogen and oxygen atoms in total. The van der Waals surface area contributed by atoms with Crippen LogP contribution in [0.3, 0.4) is 0 Å². The molecule has 0 radical (unpaired) electrons.